The van der Waals surface area contributed by atoms with E-state index in [9.17, 15) is 19.2 Å². The number of nitrogens with one attached hydrogen (secondary N) is 2. The van der Waals surface area contributed by atoms with Crippen molar-refractivity contribution in [1.29, 1.82) is 5.41 Å². The van der Waals surface area contributed by atoms with Gasteiger partial charge in [0.25, 0.3) is 0 Å². The smallest absolute Gasteiger partial charge is 0.338 e. The van der Waals surface area contributed by atoms with E-state index < -0.39 is 47.9 Å². The van der Waals surface area contributed by atoms with Crippen molar-refractivity contribution in [3.63, 3.8) is 0 Å². The van der Waals surface area contributed by atoms with Crippen LogP contribution in [0.4, 0.5) is 0 Å². The molecular weight excluding hydrogens is 580 g/mol. The molecule has 0 unspecified atom stereocenters. The summed E-state index contributed by atoms with van der Waals surface area (Å²) in [7, 11) is 0. The highest BCUT2D eigenvalue weighted by molar-refractivity contribution is 5.91. The summed E-state index contributed by atoms with van der Waals surface area (Å²) in [5.41, 5.74) is 0.169. The number of rotatable bonds is 8. The number of aromatic nitrogens is 3. The first-order valence-corrected chi connectivity index (χ1v) is 13.9. The molecule has 2 N–H and O–H groups in total. The van der Waals surface area contributed by atoms with Crippen molar-refractivity contribution in [2.24, 2.45) is 0 Å². The standard InChI is InChI=1S/C33H26N4O8/c34-28-25-23(38)16-17-35-29(25)37(19-36-28)30-27(45-33(41)22-14-8-3-9-15-22)26(44-32(40)21-12-6-2-7-13-21)24(43-30)18-42-31(39)20-10-4-1-5-11-20/h1-17,19,24,26-27,30,34H,18H2,(H,35,38)/t24-,26-,27-,30-/m1/s1. The van der Waals surface area contributed by atoms with Crippen LogP contribution in [0, 0.1) is 5.41 Å². The van der Waals surface area contributed by atoms with E-state index in [1.165, 1.54) is 23.2 Å². The average Bonchev–Trinajstić information content (AvgIpc) is 3.40. The van der Waals surface area contributed by atoms with Gasteiger partial charge in [-0.3, -0.25) is 14.8 Å². The monoisotopic (exact) mass is 606 g/mol. The van der Waals surface area contributed by atoms with Crippen LogP contribution in [0.5, 0.6) is 0 Å². The molecule has 12 heteroatoms. The van der Waals surface area contributed by atoms with Crippen molar-refractivity contribution in [2.45, 2.75) is 24.5 Å². The Labute approximate surface area is 255 Å². The number of nitrogens with zero attached hydrogens (tertiary/aromatic N) is 2. The summed E-state index contributed by atoms with van der Waals surface area (Å²) in [6.07, 6.45) is -2.32. The summed E-state index contributed by atoms with van der Waals surface area (Å²) in [5, 5.41) is 8.18. The van der Waals surface area contributed by atoms with Crippen LogP contribution >= 0.6 is 0 Å². The molecule has 45 heavy (non-hydrogen) atoms. The minimum atomic E-state index is -1.32. The first-order valence-electron chi connectivity index (χ1n) is 13.9. The molecule has 6 rings (SSSR count). The Morgan fingerprint density at radius 1 is 0.778 bits per heavy atom. The van der Waals surface area contributed by atoms with Crippen LogP contribution in [0.1, 0.15) is 37.3 Å². The molecule has 1 aliphatic rings. The molecule has 12 nitrogen and oxygen atoms in total. The van der Waals surface area contributed by atoms with E-state index in [-0.39, 0.29) is 34.3 Å². The zero-order valence-electron chi connectivity index (χ0n) is 23.6. The Kier molecular flexibility index (Phi) is 8.29. The molecule has 0 spiro atoms. The van der Waals surface area contributed by atoms with Crippen molar-refractivity contribution in [1.82, 2.24) is 14.5 Å². The first-order chi connectivity index (χ1) is 21.9. The van der Waals surface area contributed by atoms with Gasteiger partial charge in [-0.15, -0.1) is 0 Å². The van der Waals surface area contributed by atoms with Crippen LogP contribution in [0.2, 0.25) is 0 Å². The van der Waals surface area contributed by atoms with Crippen LogP contribution in [0.3, 0.4) is 0 Å². The number of hydrogen-bond acceptors (Lipinski definition) is 10. The lowest BCUT2D eigenvalue weighted by molar-refractivity contribution is -0.0610. The van der Waals surface area contributed by atoms with Crippen molar-refractivity contribution in [3.05, 3.63) is 142 Å². The van der Waals surface area contributed by atoms with Gasteiger partial charge in [-0.1, -0.05) is 54.6 Å². The molecule has 1 aliphatic heterocycles. The average molecular weight is 607 g/mol. The Hall–Kier alpha value is -5.88. The second-order valence-electron chi connectivity index (χ2n) is 10.1. The number of hydrogen-bond donors (Lipinski definition) is 2. The van der Waals surface area contributed by atoms with E-state index in [2.05, 4.69) is 9.97 Å². The van der Waals surface area contributed by atoms with Gasteiger partial charge in [0.1, 0.15) is 30.1 Å². The number of carbonyl (C=O) groups is 3. The number of benzene rings is 3. The third-order valence-corrected chi connectivity index (χ3v) is 7.20. The summed E-state index contributed by atoms with van der Waals surface area (Å²) in [4.78, 5) is 59.3. The number of carbonyl (C=O) groups excluding carboxylic acids is 3. The fraction of sp³-hybridized carbons (Fsp3) is 0.152. The molecule has 0 saturated carbocycles. The topological polar surface area (TPSA) is 163 Å². The molecule has 1 fully saturated rings. The van der Waals surface area contributed by atoms with Crippen LogP contribution in [0.15, 0.2) is 114 Å². The molecule has 0 bridgehead atoms. The number of H-pyrrole nitrogens is 1. The predicted molar refractivity (Wildman–Crippen MR) is 158 cm³/mol. The van der Waals surface area contributed by atoms with Gasteiger partial charge in [-0.05, 0) is 36.4 Å². The molecule has 0 amide bonds. The third kappa shape index (κ3) is 6.12. The summed E-state index contributed by atoms with van der Waals surface area (Å²) < 4.78 is 25.2. The van der Waals surface area contributed by atoms with Gasteiger partial charge in [0.15, 0.2) is 29.4 Å². The van der Waals surface area contributed by atoms with Crippen molar-refractivity contribution >= 4 is 28.9 Å². The lowest BCUT2D eigenvalue weighted by Crippen LogP contribution is -2.41. The minimum Gasteiger partial charge on any atom is -0.459 e. The molecule has 2 aromatic heterocycles. The van der Waals surface area contributed by atoms with Gasteiger partial charge < -0.3 is 23.9 Å². The Morgan fingerprint density at radius 3 is 1.89 bits per heavy atom. The number of ether oxygens (including phenoxy) is 4. The number of aromatic amines is 1. The molecule has 3 aromatic carbocycles. The highest BCUT2D eigenvalue weighted by Crippen LogP contribution is 2.36. The van der Waals surface area contributed by atoms with Crippen LogP contribution in [-0.4, -0.2) is 57.4 Å². The normalized spacial score (nSPS) is 19.1. The third-order valence-electron chi connectivity index (χ3n) is 7.20. The second-order valence-corrected chi connectivity index (χ2v) is 10.1. The summed E-state index contributed by atoms with van der Waals surface area (Å²) in [5.74, 6) is -2.11. The van der Waals surface area contributed by atoms with E-state index in [1.54, 1.807) is 91.0 Å². The molecule has 5 aromatic rings. The first kappa shape index (κ1) is 29.2. The van der Waals surface area contributed by atoms with E-state index in [0.29, 0.717) is 5.56 Å². The summed E-state index contributed by atoms with van der Waals surface area (Å²) in [6, 6.07) is 26.0. The Balaban J connectivity index is 1.42. The lowest BCUT2D eigenvalue weighted by Gasteiger charge is -2.25. The van der Waals surface area contributed by atoms with Crippen molar-refractivity contribution in [2.75, 3.05) is 6.61 Å². The fourth-order valence-corrected chi connectivity index (χ4v) is 5.02. The Morgan fingerprint density at radius 2 is 1.31 bits per heavy atom. The van der Waals surface area contributed by atoms with Crippen LogP contribution in [-0.2, 0) is 18.9 Å². The van der Waals surface area contributed by atoms with Crippen molar-refractivity contribution in [3.8, 4) is 0 Å². The van der Waals surface area contributed by atoms with Gasteiger partial charge in [-0.2, -0.15) is 0 Å². The van der Waals surface area contributed by atoms with E-state index in [4.69, 9.17) is 24.4 Å². The maximum atomic E-state index is 13.4. The fourth-order valence-electron chi connectivity index (χ4n) is 5.02. The number of esters is 3. The van der Waals surface area contributed by atoms with E-state index in [1.807, 2.05) is 0 Å². The molecule has 226 valence electrons. The van der Waals surface area contributed by atoms with Gasteiger partial charge >= 0.3 is 17.9 Å². The SMILES string of the molecule is N=c1ncn([C@@H]2O[C@H](COC(=O)c3ccccc3)[C@@H](OC(=O)c3ccccc3)[C@H]2OC(=O)c2ccccc2)c2[nH]ccc(=O)c12. The maximum absolute atomic E-state index is 13.4. The molecule has 4 atom stereocenters. The highest BCUT2D eigenvalue weighted by Gasteiger charge is 2.51. The predicted octanol–water partition coefficient (Wildman–Crippen LogP) is 3.41. The second kappa shape index (κ2) is 12.8. The van der Waals surface area contributed by atoms with Crippen LogP contribution in [0.25, 0.3) is 11.0 Å². The largest absolute Gasteiger partial charge is 0.459 e. The highest BCUT2D eigenvalue weighted by atomic mass is 16.7. The van der Waals surface area contributed by atoms with E-state index >= 15 is 0 Å². The number of fused-ring (bicyclic) bond motifs is 1. The van der Waals surface area contributed by atoms with Crippen LogP contribution < -0.4 is 10.9 Å². The van der Waals surface area contributed by atoms with Gasteiger partial charge in [0, 0.05) is 12.3 Å². The lowest BCUT2D eigenvalue weighted by atomic mass is 10.1. The molecule has 1 saturated heterocycles. The summed E-state index contributed by atoms with van der Waals surface area (Å²) >= 11 is 0. The van der Waals surface area contributed by atoms with E-state index in [0.717, 1.165) is 0 Å². The summed E-state index contributed by atoms with van der Waals surface area (Å²) in [6.45, 7) is -0.380. The molecule has 0 radical (unpaired) electrons. The quantitative estimate of drug-likeness (QED) is 0.199. The zero-order valence-corrected chi connectivity index (χ0v) is 23.6. The minimum absolute atomic E-state index is 0.0338. The van der Waals surface area contributed by atoms with Gasteiger partial charge in [0.2, 0.25) is 0 Å². The zero-order chi connectivity index (χ0) is 31.3. The van der Waals surface area contributed by atoms with Gasteiger partial charge in [-0.25, -0.2) is 19.4 Å². The molecular formula is C33H26N4O8. The Bertz CT molecular complexity index is 1950. The van der Waals surface area contributed by atoms with Gasteiger partial charge in [0.05, 0.1) is 16.7 Å². The maximum Gasteiger partial charge on any atom is 0.338 e. The molecule has 0 aliphatic carbocycles. The number of pyridine rings is 1. The molecule has 3 heterocycles. The van der Waals surface area contributed by atoms with Crippen molar-refractivity contribution < 1.29 is 33.3 Å².